The number of hydrogen-bond donors (Lipinski definition) is 2. The fraction of sp³-hybridized carbons (Fsp3) is 0.176. The lowest BCUT2D eigenvalue weighted by Crippen LogP contribution is -1.94. The zero-order valence-electron chi connectivity index (χ0n) is 11.5. The Hall–Kier alpha value is -2.29. The van der Waals surface area contributed by atoms with Gasteiger partial charge in [-0.1, -0.05) is 56.3 Å². The molecule has 2 aromatic rings. The van der Waals surface area contributed by atoms with E-state index in [0.29, 0.717) is 0 Å². The normalized spacial score (nSPS) is 11.4. The maximum atomic E-state index is 14.1. The summed E-state index contributed by atoms with van der Waals surface area (Å²) in [6.45, 7) is 3.57. The first-order valence-electron chi connectivity index (χ1n) is 6.48. The summed E-state index contributed by atoms with van der Waals surface area (Å²) >= 11 is 0. The first-order valence-corrected chi connectivity index (χ1v) is 6.48. The Morgan fingerprint density at radius 1 is 1.05 bits per heavy atom. The van der Waals surface area contributed by atoms with Crippen molar-refractivity contribution in [3.8, 4) is 11.5 Å². The lowest BCUT2D eigenvalue weighted by Gasteiger charge is -2.13. The van der Waals surface area contributed by atoms with Gasteiger partial charge in [0.05, 0.1) is 0 Å². The molecular weight excluding hydrogens is 255 g/mol. The summed E-state index contributed by atoms with van der Waals surface area (Å²) < 4.78 is 14.1. The molecule has 0 radical (unpaired) electrons. The van der Waals surface area contributed by atoms with Crippen molar-refractivity contribution >= 4 is 12.2 Å². The summed E-state index contributed by atoms with van der Waals surface area (Å²) in [6, 6.07) is 10.8. The molecule has 0 spiro atoms. The van der Waals surface area contributed by atoms with Crippen molar-refractivity contribution in [3.63, 3.8) is 0 Å². The van der Waals surface area contributed by atoms with Crippen LogP contribution in [0.4, 0.5) is 4.39 Å². The van der Waals surface area contributed by atoms with Gasteiger partial charge in [-0.15, -0.1) is 0 Å². The molecule has 2 nitrogen and oxygen atoms in total. The van der Waals surface area contributed by atoms with Gasteiger partial charge in [0, 0.05) is 11.1 Å². The van der Waals surface area contributed by atoms with Gasteiger partial charge in [-0.05, 0) is 17.5 Å². The van der Waals surface area contributed by atoms with Crippen molar-refractivity contribution in [1.82, 2.24) is 0 Å². The molecule has 20 heavy (non-hydrogen) atoms. The molecule has 0 aliphatic rings. The number of rotatable bonds is 3. The van der Waals surface area contributed by atoms with Crippen LogP contribution in [0.3, 0.4) is 0 Å². The van der Waals surface area contributed by atoms with E-state index in [0.717, 1.165) is 5.56 Å². The van der Waals surface area contributed by atoms with E-state index in [1.54, 1.807) is 19.9 Å². The molecule has 0 fully saturated rings. The van der Waals surface area contributed by atoms with Gasteiger partial charge in [0.25, 0.3) is 0 Å². The predicted molar refractivity (Wildman–Crippen MR) is 79.2 cm³/mol. The van der Waals surface area contributed by atoms with Crippen LogP contribution < -0.4 is 0 Å². The standard InChI is InChI=1S/C17H17FO2/c1-11(2)15-14(19)10-13(16(18)17(15)20)9-8-12-6-4-3-5-7-12/h3-11,19-20H,1-2H3/b9-8+. The van der Waals surface area contributed by atoms with E-state index in [-0.39, 0.29) is 22.8 Å². The van der Waals surface area contributed by atoms with Gasteiger partial charge >= 0.3 is 0 Å². The second kappa shape index (κ2) is 5.78. The van der Waals surface area contributed by atoms with Crippen LogP contribution in [-0.2, 0) is 0 Å². The molecule has 0 heterocycles. The second-order valence-electron chi connectivity index (χ2n) is 4.96. The largest absolute Gasteiger partial charge is 0.507 e. The molecule has 0 amide bonds. The van der Waals surface area contributed by atoms with Gasteiger partial charge in [0.2, 0.25) is 0 Å². The van der Waals surface area contributed by atoms with Crippen molar-refractivity contribution in [2.24, 2.45) is 0 Å². The number of hydrogen-bond acceptors (Lipinski definition) is 2. The van der Waals surface area contributed by atoms with Crippen LogP contribution in [0.15, 0.2) is 36.4 Å². The quantitative estimate of drug-likeness (QED) is 0.806. The molecule has 0 saturated heterocycles. The minimum Gasteiger partial charge on any atom is -0.507 e. The number of phenols is 2. The monoisotopic (exact) mass is 272 g/mol. The van der Waals surface area contributed by atoms with Gasteiger partial charge < -0.3 is 10.2 Å². The Kier molecular flexibility index (Phi) is 4.08. The number of benzene rings is 2. The Morgan fingerprint density at radius 2 is 1.70 bits per heavy atom. The van der Waals surface area contributed by atoms with Crippen molar-refractivity contribution in [2.45, 2.75) is 19.8 Å². The molecule has 0 aliphatic carbocycles. The van der Waals surface area contributed by atoms with Gasteiger partial charge in [-0.2, -0.15) is 0 Å². The predicted octanol–water partition coefficient (Wildman–Crippen LogP) is 4.53. The molecule has 104 valence electrons. The zero-order valence-corrected chi connectivity index (χ0v) is 11.5. The van der Waals surface area contributed by atoms with Crippen LogP contribution >= 0.6 is 0 Å². The third-order valence-corrected chi connectivity index (χ3v) is 3.12. The van der Waals surface area contributed by atoms with E-state index in [2.05, 4.69) is 0 Å². The number of halogens is 1. The summed E-state index contributed by atoms with van der Waals surface area (Å²) in [7, 11) is 0. The minimum atomic E-state index is -0.710. The number of aromatic hydroxyl groups is 2. The highest BCUT2D eigenvalue weighted by atomic mass is 19.1. The van der Waals surface area contributed by atoms with E-state index in [1.807, 2.05) is 30.3 Å². The molecular formula is C17H17FO2. The summed E-state index contributed by atoms with van der Waals surface area (Å²) in [4.78, 5) is 0. The summed E-state index contributed by atoms with van der Waals surface area (Å²) in [6.07, 6.45) is 3.26. The molecule has 0 bridgehead atoms. The molecule has 2 N–H and O–H groups in total. The van der Waals surface area contributed by atoms with Crippen molar-refractivity contribution in [3.05, 3.63) is 58.9 Å². The van der Waals surface area contributed by atoms with Gasteiger partial charge in [-0.3, -0.25) is 0 Å². The lowest BCUT2D eigenvalue weighted by molar-refractivity contribution is 0.404. The Balaban J connectivity index is 2.42. The summed E-state index contributed by atoms with van der Waals surface area (Å²) in [5, 5.41) is 19.8. The molecule has 3 heteroatoms. The minimum absolute atomic E-state index is 0.0911. The van der Waals surface area contributed by atoms with E-state index in [4.69, 9.17) is 0 Å². The maximum absolute atomic E-state index is 14.1. The molecule has 0 atom stereocenters. The fourth-order valence-corrected chi connectivity index (χ4v) is 2.11. The highest BCUT2D eigenvalue weighted by molar-refractivity contribution is 5.72. The molecule has 0 aliphatic heterocycles. The highest BCUT2D eigenvalue weighted by Crippen LogP contribution is 2.38. The lowest BCUT2D eigenvalue weighted by atomic mass is 9.98. The SMILES string of the molecule is CC(C)c1c(O)cc(/C=C/c2ccccc2)c(F)c1O. The van der Waals surface area contributed by atoms with Crippen LogP contribution in [-0.4, -0.2) is 10.2 Å². The fourth-order valence-electron chi connectivity index (χ4n) is 2.11. The third-order valence-electron chi connectivity index (χ3n) is 3.12. The average molecular weight is 272 g/mol. The summed E-state index contributed by atoms with van der Waals surface area (Å²) in [5.74, 6) is -1.44. The summed E-state index contributed by atoms with van der Waals surface area (Å²) in [5.41, 5.74) is 1.31. The van der Waals surface area contributed by atoms with Crippen molar-refractivity contribution in [2.75, 3.05) is 0 Å². The van der Waals surface area contributed by atoms with Crippen LogP contribution in [0, 0.1) is 5.82 Å². The van der Waals surface area contributed by atoms with Crippen LogP contribution in [0.1, 0.15) is 36.5 Å². The number of phenolic OH excluding ortho intramolecular Hbond substituents is 2. The molecule has 2 rings (SSSR count). The Morgan fingerprint density at radius 3 is 2.30 bits per heavy atom. The van der Waals surface area contributed by atoms with Crippen LogP contribution in [0.2, 0.25) is 0 Å². The smallest absolute Gasteiger partial charge is 0.172 e. The molecule has 0 aromatic heterocycles. The average Bonchev–Trinajstić information content (AvgIpc) is 2.42. The first-order chi connectivity index (χ1) is 9.50. The Bertz CT molecular complexity index is 631. The Labute approximate surface area is 117 Å². The van der Waals surface area contributed by atoms with E-state index in [1.165, 1.54) is 12.1 Å². The zero-order chi connectivity index (χ0) is 14.7. The van der Waals surface area contributed by atoms with Gasteiger partial charge in [-0.25, -0.2) is 4.39 Å². The third kappa shape index (κ3) is 2.82. The van der Waals surface area contributed by atoms with E-state index < -0.39 is 11.6 Å². The van der Waals surface area contributed by atoms with Gasteiger partial charge in [0.15, 0.2) is 11.6 Å². The first kappa shape index (κ1) is 14.1. The van der Waals surface area contributed by atoms with Gasteiger partial charge in [0.1, 0.15) is 5.75 Å². The van der Waals surface area contributed by atoms with Crippen molar-refractivity contribution < 1.29 is 14.6 Å². The van der Waals surface area contributed by atoms with Crippen molar-refractivity contribution in [1.29, 1.82) is 0 Å². The van der Waals surface area contributed by atoms with Crippen LogP contribution in [0.5, 0.6) is 11.5 Å². The molecule has 2 aromatic carbocycles. The van der Waals surface area contributed by atoms with E-state index in [9.17, 15) is 14.6 Å². The highest BCUT2D eigenvalue weighted by Gasteiger charge is 2.18. The van der Waals surface area contributed by atoms with Crippen LogP contribution in [0.25, 0.3) is 12.2 Å². The maximum Gasteiger partial charge on any atom is 0.172 e. The van der Waals surface area contributed by atoms with E-state index >= 15 is 0 Å². The second-order valence-corrected chi connectivity index (χ2v) is 4.96. The topological polar surface area (TPSA) is 40.5 Å². The molecule has 0 saturated carbocycles. The molecule has 0 unspecified atom stereocenters.